The number of unbranched alkanes of at least 4 members (excludes halogenated alkanes) is 1. The average Bonchev–Trinajstić information content (AvgIpc) is 2.86. The van der Waals surface area contributed by atoms with Crippen LogP contribution in [-0.2, 0) is 19.1 Å². The molecule has 0 N–H and O–H groups in total. The molecule has 1 aliphatic carbocycles. The molecular weight excluding hydrogens is 334 g/mol. The average molecular weight is 355 g/mol. The van der Waals surface area contributed by atoms with Crippen LogP contribution in [0.4, 0.5) is 0 Å². The number of amides is 2. The minimum absolute atomic E-state index is 0.248. The zero-order valence-electron chi connectivity index (χ0n) is 14.9. The first-order chi connectivity index (χ1) is 12.5. The van der Waals surface area contributed by atoms with Gasteiger partial charge in [0.25, 0.3) is 0 Å². The molecule has 0 spiro atoms. The van der Waals surface area contributed by atoms with Crippen LogP contribution >= 0.6 is 0 Å². The summed E-state index contributed by atoms with van der Waals surface area (Å²) in [4.78, 5) is 39.1. The number of likely N-dealkylation sites (tertiary alicyclic amines) is 1. The molecule has 2 heterocycles. The maximum Gasteiger partial charge on any atom is 0.319 e. The Morgan fingerprint density at radius 3 is 2.73 bits per heavy atom. The van der Waals surface area contributed by atoms with E-state index in [1.54, 1.807) is 12.1 Å². The standard InChI is InChI=1S/C20H21NO5/c1-3-4-9-25-14-10-12-16(19(23)21(2)18(12)22)17-15(14)11-7-5-6-8-13(11)26-20(17)24/h5-8,12,16-17H,3-4,9-10H2,1-2H3/t12-,16-,17?/m0/s1. The van der Waals surface area contributed by atoms with Gasteiger partial charge in [0.1, 0.15) is 11.5 Å². The first-order valence-electron chi connectivity index (χ1n) is 9.03. The largest absolute Gasteiger partial charge is 0.498 e. The van der Waals surface area contributed by atoms with Crippen LogP contribution < -0.4 is 4.74 Å². The SMILES string of the molecule is CCCCOC1=C2c3ccccc3OC(=O)C2[C@H]2C(=O)N(C)C(=O)[C@H]2C1. The summed E-state index contributed by atoms with van der Waals surface area (Å²) >= 11 is 0. The van der Waals surface area contributed by atoms with Crippen LogP contribution in [0, 0.1) is 17.8 Å². The fourth-order valence-corrected chi connectivity index (χ4v) is 4.17. The van der Waals surface area contributed by atoms with E-state index in [0.29, 0.717) is 30.1 Å². The van der Waals surface area contributed by atoms with Crippen molar-refractivity contribution in [2.75, 3.05) is 13.7 Å². The maximum absolute atomic E-state index is 12.8. The summed E-state index contributed by atoms with van der Waals surface area (Å²) in [6.07, 6.45) is 2.21. The lowest BCUT2D eigenvalue weighted by Crippen LogP contribution is -2.41. The Kier molecular flexibility index (Phi) is 4.05. The maximum atomic E-state index is 12.8. The second-order valence-electron chi connectivity index (χ2n) is 7.01. The lowest BCUT2D eigenvalue weighted by Gasteiger charge is -2.36. The minimum atomic E-state index is -0.790. The van der Waals surface area contributed by atoms with E-state index in [2.05, 4.69) is 6.92 Å². The zero-order chi connectivity index (χ0) is 18.4. The lowest BCUT2D eigenvalue weighted by atomic mass is 9.69. The van der Waals surface area contributed by atoms with Crippen molar-refractivity contribution < 1.29 is 23.9 Å². The summed E-state index contributed by atoms with van der Waals surface area (Å²) in [5.74, 6) is -1.98. The number of hydrogen-bond donors (Lipinski definition) is 0. The number of para-hydroxylation sites is 1. The zero-order valence-corrected chi connectivity index (χ0v) is 14.9. The fraction of sp³-hybridized carbons (Fsp3) is 0.450. The Labute approximate surface area is 151 Å². The van der Waals surface area contributed by atoms with Crippen LogP contribution in [0.5, 0.6) is 5.75 Å². The molecule has 0 saturated carbocycles. The molecule has 0 aromatic heterocycles. The van der Waals surface area contributed by atoms with Crippen molar-refractivity contribution >= 4 is 23.4 Å². The highest BCUT2D eigenvalue weighted by atomic mass is 16.5. The van der Waals surface area contributed by atoms with E-state index in [9.17, 15) is 14.4 Å². The summed E-state index contributed by atoms with van der Waals surface area (Å²) in [6.45, 7) is 2.59. The molecule has 26 heavy (non-hydrogen) atoms. The normalized spacial score (nSPS) is 27.1. The van der Waals surface area contributed by atoms with Gasteiger partial charge in [0, 0.05) is 24.6 Å². The predicted octanol–water partition coefficient (Wildman–Crippen LogP) is 2.38. The van der Waals surface area contributed by atoms with E-state index in [0.717, 1.165) is 23.3 Å². The molecule has 3 atom stereocenters. The van der Waals surface area contributed by atoms with E-state index in [-0.39, 0.29) is 11.8 Å². The summed E-state index contributed by atoms with van der Waals surface area (Å²) in [7, 11) is 1.47. The number of esters is 1. The van der Waals surface area contributed by atoms with Gasteiger partial charge in [-0.1, -0.05) is 31.5 Å². The molecule has 2 amide bonds. The second kappa shape index (κ2) is 6.27. The summed E-state index contributed by atoms with van der Waals surface area (Å²) < 4.78 is 11.5. The number of nitrogens with zero attached hydrogens (tertiary/aromatic N) is 1. The molecule has 1 aromatic carbocycles. The third-order valence-corrected chi connectivity index (χ3v) is 5.49. The van der Waals surface area contributed by atoms with Crippen molar-refractivity contribution in [2.24, 2.45) is 17.8 Å². The Bertz CT molecular complexity index is 827. The van der Waals surface area contributed by atoms with E-state index in [1.807, 2.05) is 12.1 Å². The Morgan fingerprint density at radius 1 is 1.19 bits per heavy atom. The van der Waals surface area contributed by atoms with Crippen molar-refractivity contribution in [1.29, 1.82) is 0 Å². The Balaban J connectivity index is 1.85. The number of carbonyl (C=O) groups is 3. The molecule has 4 rings (SSSR count). The van der Waals surface area contributed by atoms with Gasteiger partial charge in [0.05, 0.1) is 24.4 Å². The summed E-state index contributed by atoms with van der Waals surface area (Å²) in [5, 5.41) is 0. The van der Waals surface area contributed by atoms with E-state index < -0.39 is 23.7 Å². The summed E-state index contributed by atoms with van der Waals surface area (Å²) in [6, 6.07) is 7.28. The van der Waals surface area contributed by atoms with Crippen molar-refractivity contribution in [3.8, 4) is 5.75 Å². The minimum Gasteiger partial charge on any atom is -0.498 e. The van der Waals surface area contributed by atoms with Crippen molar-refractivity contribution in [1.82, 2.24) is 4.90 Å². The van der Waals surface area contributed by atoms with E-state index >= 15 is 0 Å². The van der Waals surface area contributed by atoms with Gasteiger partial charge in [0.15, 0.2) is 0 Å². The highest BCUT2D eigenvalue weighted by Gasteiger charge is 2.58. The number of benzene rings is 1. The van der Waals surface area contributed by atoms with Crippen molar-refractivity contribution in [3.63, 3.8) is 0 Å². The molecule has 136 valence electrons. The van der Waals surface area contributed by atoms with Gasteiger partial charge < -0.3 is 9.47 Å². The molecule has 3 aliphatic rings. The monoisotopic (exact) mass is 355 g/mol. The highest BCUT2D eigenvalue weighted by Crippen LogP contribution is 2.52. The Morgan fingerprint density at radius 2 is 1.96 bits per heavy atom. The smallest absolute Gasteiger partial charge is 0.319 e. The van der Waals surface area contributed by atoms with Crippen molar-refractivity contribution in [3.05, 3.63) is 35.6 Å². The number of rotatable bonds is 4. The molecule has 2 aliphatic heterocycles. The van der Waals surface area contributed by atoms with Crippen LogP contribution in [0.15, 0.2) is 30.0 Å². The molecule has 1 unspecified atom stereocenters. The van der Waals surface area contributed by atoms with Gasteiger partial charge in [-0.3, -0.25) is 19.3 Å². The first-order valence-corrected chi connectivity index (χ1v) is 9.03. The quantitative estimate of drug-likeness (QED) is 0.359. The van der Waals surface area contributed by atoms with Gasteiger partial charge in [-0.2, -0.15) is 0 Å². The first kappa shape index (κ1) is 16.8. The van der Waals surface area contributed by atoms with Gasteiger partial charge in [-0.05, 0) is 12.5 Å². The van der Waals surface area contributed by atoms with Crippen LogP contribution in [0.3, 0.4) is 0 Å². The number of ether oxygens (including phenoxy) is 2. The van der Waals surface area contributed by atoms with Crippen LogP contribution in [0.25, 0.3) is 5.57 Å². The second-order valence-corrected chi connectivity index (χ2v) is 7.01. The van der Waals surface area contributed by atoms with Crippen LogP contribution in [0.2, 0.25) is 0 Å². The lowest BCUT2D eigenvalue weighted by molar-refractivity contribution is -0.145. The highest BCUT2D eigenvalue weighted by molar-refractivity contribution is 6.10. The number of imide groups is 1. The van der Waals surface area contributed by atoms with Crippen LogP contribution in [0.1, 0.15) is 31.7 Å². The van der Waals surface area contributed by atoms with Gasteiger partial charge in [-0.15, -0.1) is 0 Å². The molecule has 6 heteroatoms. The number of carbonyl (C=O) groups excluding carboxylic acids is 3. The topological polar surface area (TPSA) is 72.9 Å². The summed E-state index contributed by atoms with van der Waals surface area (Å²) in [5.41, 5.74) is 1.49. The van der Waals surface area contributed by atoms with Gasteiger partial charge in [-0.25, -0.2) is 0 Å². The molecule has 1 saturated heterocycles. The number of fused-ring (bicyclic) bond motifs is 5. The number of allylic oxidation sites excluding steroid dienone is 1. The third-order valence-electron chi connectivity index (χ3n) is 5.49. The predicted molar refractivity (Wildman–Crippen MR) is 92.7 cm³/mol. The van der Waals surface area contributed by atoms with E-state index in [1.165, 1.54) is 7.05 Å². The fourth-order valence-electron chi connectivity index (χ4n) is 4.17. The van der Waals surface area contributed by atoms with Gasteiger partial charge in [0.2, 0.25) is 11.8 Å². The number of hydrogen-bond acceptors (Lipinski definition) is 5. The molecule has 6 nitrogen and oxygen atoms in total. The molecule has 0 radical (unpaired) electrons. The molecule has 0 bridgehead atoms. The molecular formula is C20H21NO5. The van der Waals surface area contributed by atoms with Crippen LogP contribution in [-0.4, -0.2) is 36.3 Å². The molecule has 1 aromatic rings. The van der Waals surface area contributed by atoms with Crippen molar-refractivity contribution in [2.45, 2.75) is 26.2 Å². The third kappa shape index (κ3) is 2.35. The van der Waals surface area contributed by atoms with Gasteiger partial charge >= 0.3 is 5.97 Å². The molecule has 1 fully saturated rings. The Hall–Kier alpha value is -2.63. The van der Waals surface area contributed by atoms with E-state index in [4.69, 9.17) is 9.47 Å².